The lowest BCUT2D eigenvalue weighted by Crippen LogP contribution is -2.52. The number of ether oxygens (including phenoxy) is 1. The van der Waals surface area contributed by atoms with Gasteiger partial charge in [-0.05, 0) is 68.7 Å². The highest BCUT2D eigenvalue weighted by Gasteiger charge is 2.31. The normalized spacial score (nSPS) is 11.9. The molecule has 0 bridgehead atoms. The highest BCUT2D eigenvalue weighted by atomic mass is 79.9. The molecule has 7 heteroatoms. The average molecular weight is 600 g/mol. The Morgan fingerprint density at radius 1 is 0.947 bits per heavy atom. The molecule has 0 spiro atoms. The van der Waals surface area contributed by atoms with Crippen molar-refractivity contribution in [1.82, 2.24) is 10.2 Å². The summed E-state index contributed by atoms with van der Waals surface area (Å²) in [5, 5.41) is 3.60. The molecule has 3 aromatic carbocycles. The smallest absolute Gasteiger partial charge is 0.261 e. The highest BCUT2D eigenvalue weighted by Crippen LogP contribution is 2.29. The fraction of sp³-hybridized carbons (Fsp3) is 0.355. The summed E-state index contributed by atoms with van der Waals surface area (Å²) in [6.45, 7) is 8.86. The second-order valence-corrected chi connectivity index (χ2v) is 11.4. The number of hydrogen-bond acceptors (Lipinski definition) is 3. The van der Waals surface area contributed by atoms with Gasteiger partial charge in [0.2, 0.25) is 5.91 Å². The molecule has 5 nitrogen and oxygen atoms in total. The summed E-state index contributed by atoms with van der Waals surface area (Å²) in [7, 11) is 0. The molecule has 2 amide bonds. The van der Waals surface area contributed by atoms with Crippen molar-refractivity contribution in [2.24, 2.45) is 5.92 Å². The van der Waals surface area contributed by atoms with Crippen LogP contribution in [0, 0.1) is 5.92 Å². The van der Waals surface area contributed by atoms with Crippen LogP contribution in [0.15, 0.2) is 77.3 Å². The zero-order valence-electron chi connectivity index (χ0n) is 22.4. The second kappa shape index (κ2) is 14.4. The molecule has 38 heavy (non-hydrogen) atoms. The quantitative estimate of drug-likeness (QED) is 0.243. The first-order valence-corrected chi connectivity index (χ1v) is 14.1. The fourth-order valence-electron chi connectivity index (χ4n) is 4.02. The van der Waals surface area contributed by atoms with E-state index in [2.05, 4.69) is 35.1 Å². The van der Waals surface area contributed by atoms with Gasteiger partial charge in [0.15, 0.2) is 6.61 Å². The first kappa shape index (κ1) is 29.7. The minimum Gasteiger partial charge on any atom is -0.483 e. The van der Waals surface area contributed by atoms with E-state index in [1.54, 1.807) is 11.0 Å². The first-order chi connectivity index (χ1) is 18.1. The Labute approximate surface area is 239 Å². The Hall–Kier alpha value is -2.83. The maximum Gasteiger partial charge on any atom is 0.261 e. The van der Waals surface area contributed by atoms with Gasteiger partial charge >= 0.3 is 0 Å². The Morgan fingerprint density at radius 2 is 1.66 bits per heavy atom. The van der Waals surface area contributed by atoms with E-state index in [4.69, 9.17) is 16.3 Å². The van der Waals surface area contributed by atoms with Crippen molar-refractivity contribution >= 4 is 39.3 Å². The molecule has 0 radical (unpaired) electrons. The van der Waals surface area contributed by atoms with Gasteiger partial charge < -0.3 is 15.0 Å². The van der Waals surface area contributed by atoms with Crippen molar-refractivity contribution < 1.29 is 14.3 Å². The minimum absolute atomic E-state index is 0.194. The Balaban J connectivity index is 1.90. The van der Waals surface area contributed by atoms with E-state index in [0.29, 0.717) is 29.7 Å². The molecule has 3 aromatic rings. The van der Waals surface area contributed by atoms with Crippen molar-refractivity contribution in [2.75, 3.05) is 13.2 Å². The fourth-order valence-corrected chi connectivity index (χ4v) is 4.75. The molecule has 0 fully saturated rings. The molecule has 0 saturated carbocycles. The SMILES string of the molecule is CC(C)CNC(=O)[C@@H](Cc1ccccc1)N(Cc1cccc(Cl)c1)C(=O)COc1ccc(C(C)C)cc1Br. The Bertz CT molecular complexity index is 1220. The van der Waals surface area contributed by atoms with Gasteiger partial charge in [-0.3, -0.25) is 9.59 Å². The van der Waals surface area contributed by atoms with Crippen LogP contribution >= 0.6 is 27.5 Å². The van der Waals surface area contributed by atoms with Gasteiger partial charge in [0.25, 0.3) is 5.91 Å². The number of halogens is 2. The number of benzene rings is 3. The van der Waals surface area contributed by atoms with Gasteiger partial charge in [-0.15, -0.1) is 0 Å². The largest absolute Gasteiger partial charge is 0.483 e. The van der Waals surface area contributed by atoms with E-state index >= 15 is 0 Å². The monoisotopic (exact) mass is 598 g/mol. The lowest BCUT2D eigenvalue weighted by Gasteiger charge is -2.32. The predicted molar refractivity (Wildman–Crippen MR) is 158 cm³/mol. The van der Waals surface area contributed by atoms with Crippen molar-refractivity contribution in [3.8, 4) is 5.75 Å². The van der Waals surface area contributed by atoms with E-state index in [1.807, 2.05) is 80.6 Å². The lowest BCUT2D eigenvalue weighted by atomic mass is 10.0. The second-order valence-electron chi connectivity index (χ2n) is 10.1. The van der Waals surface area contributed by atoms with Crippen LogP contribution < -0.4 is 10.1 Å². The van der Waals surface area contributed by atoms with Gasteiger partial charge in [0.1, 0.15) is 11.8 Å². The van der Waals surface area contributed by atoms with Crippen LogP contribution in [0.1, 0.15) is 50.3 Å². The molecular formula is C31H36BrClN2O3. The zero-order valence-corrected chi connectivity index (χ0v) is 24.8. The van der Waals surface area contributed by atoms with Crippen molar-refractivity contribution in [1.29, 1.82) is 0 Å². The topological polar surface area (TPSA) is 58.6 Å². The van der Waals surface area contributed by atoms with Crippen LogP contribution in [0.2, 0.25) is 5.02 Å². The van der Waals surface area contributed by atoms with E-state index in [-0.39, 0.29) is 30.9 Å². The van der Waals surface area contributed by atoms with Crippen LogP contribution in [0.3, 0.4) is 0 Å². The van der Waals surface area contributed by atoms with Crippen LogP contribution in [-0.4, -0.2) is 35.9 Å². The molecule has 0 aliphatic carbocycles. The third kappa shape index (κ3) is 8.88. The van der Waals surface area contributed by atoms with Crippen LogP contribution in [0.4, 0.5) is 0 Å². The summed E-state index contributed by atoms with van der Waals surface area (Å²) in [5.41, 5.74) is 2.97. The number of carbonyl (C=O) groups excluding carboxylic acids is 2. The summed E-state index contributed by atoms with van der Waals surface area (Å²) in [6, 6.07) is 22.2. The number of rotatable bonds is 12. The highest BCUT2D eigenvalue weighted by molar-refractivity contribution is 9.10. The number of hydrogen-bond donors (Lipinski definition) is 1. The van der Waals surface area contributed by atoms with Gasteiger partial charge in [-0.1, -0.05) is 87.8 Å². The first-order valence-electron chi connectivity index (χ1n) is 12.9. The van der Waals surface area contributed by atoms with Crippen molar-refractivity contribution in [3.05, 3.63) is 99.0 Å². The summed E-state index contributed by atoms with van der Waals surface area (Å²) in [6.07, 6.45) is 0.379. The molecule has 0 saturated heterocycles. The molecule has 3 rings (SSSR count). The lowest BCUT2D eigenvalue weighted by molar-refractivity contribution is -0.142. The third-order valence-electron chi connectivity index (χ3n) is 6.17. The average Bonchev–Trinajstić information content (AvgIpc) is 2.89. The molecule has 202 valence electrons. The van der Waals surface area contributed by atoms with Crippen molar-refractivity contribution in [3.63, 3.8) is 0 Å². The molecule has 0 unspecified atom stereocenters. The Morgan fingerprint density at radius 3 is 2.29 bits per heavy atom. The third-order valence-corrected chi connectivity index (χ3v) is 7.03. The van der Waals surface area contributed by atoms with Crippen molar-refractivity contribution in [2.45, 2.75) is 52.6 Å². The molecule has 0 aliphatic heterocycles. The van der Waals surface area contributed by atoms with E-state index in [9.17, 15) is 9.59 Å². The molecule has 0 aliphatic rings. The molecular weight excluding hydrogens is 564 g/mol. The number of nitrogens with one attached hydrogen (secondary N) is 1. The van der Waals surface area contributed by atoms with E-state index in [0.717, 1.165) is 15.6 Å². The number of amides is 2. The Kier molecular flexibility index (Phi) is 11.2. The van der Waals surface area contributed by atoms with Crippen LogP contribution in [0.5, 0.6) is 5.75 Å². The minimum atomic E-state index is -0.724. The molecule has 1 atom stereocenters. The van der Waals surface area contributed by atoms with Gasteiger partial charge in [-0.2, -0.15) is 0 Å². The molecule has 1 N–H and O–H groups in total. The maximum atomic E-state index is 13.7. The number of nitrogens with zero attached hydrogens (tertiary/aromatic N) is 1. The zero-order chi connectivity index (χ0) is 27.7. The van der Waals surface area contributed by atoms with E-state index < -0.39 is 6.04 Å². The predicted octanol–water partition coefficient (Wildman–Crippen LogP) is 7.02. The van der Waals surface area contributed by atoms with E-state index in [1.165, 1.54) is 5.56 Å². The standard InChI is InChI=1S/C31H36BrClN2O3/c1-21(2)18-34-31(37)28(16-23-9-6-5-7-10-23)35(19-24-11-8-12-26(33)15-24)30(36)20-38-29-14-13-25(22(3)4)17-27(29)32/h5-15,17,21-22,28H,16,18-20H2,1-4H3,(H,34,37)/t28-/m1/s1. The van der Waals surface area contributed by atoms with Gasteiger partial charge in [-0.25, -0.2) is 0 Å². The van der Waals surface area contributed by atoms with Crippen LogP contribution in [-0.2, 0) is 22.6 Å². The maximum absolute atomic E-state index is 13.7. The summed E-state index contributed by atoms with van der Waals surface area (Å²) < 4.78 is 6.74. The molecule has 0 aromatic heterocycles. The number of carbonyl (C=O) groups is 2. The summed E-state index contributed by atoms with van der Waals surface area (Å²) in [5.74, 6) is 0.751. The van der Waals surface area contributed by atoms with Gasteiger partial charge in [0.05, 0.1) is 4.47 Å². The van der Waals surface area contributed by atoms with Crippen LogP contribution in [0.25, 0.3) is 0 Å². The van der Waals surface area contributed by atoms with Gasteiger partial charge in [0, 0.05) is 24.5 Å². The molecule has 0 heterocycles. The summed E-state index contributed by atoms with van der Waals surface area (Å²) >= 11 is 9.81. The summed E-state index contributed by atoms with van der Waals surface area (Å²) in [4.78, 5) is 28.8.